The molecule has 0 saturated heterocycles. The summed E-state index contributed by atoms with van der Waals surface area (Å²) in [5, 5.41) is 6.11. The maximum Gasteiger partial charge on any atom is 4.00 e. The van der Waals surface area contributed by atoms with Crippen molar-refractivity contribution in [2.75, 3.05) is 0 Å². The van der Waals surface area contributed by atoms with Gasteiger partial charge in [-0.2, -0.15) is 6.08 Å². The first-order valence-corrected chi connectivity index (χ1v) is 14.2. The first-order valence-electron chi connectivity index (χ1n) is 12.2. The predicted octanol–water partition coefficient (Wildman–Crippen LogP) is -2.73. The van der Waals surface area contributed by atoms with Crippen LogP contribution in [-0.2, 0) is 21.7 Å². The number of allylic oxidation sites excluding steroid dienone is 4. The van der Waals surface area contributed by atoms with Crippen molar-refractivity contribution in [3.8, 4) is 0 Å². The van der Waals surface area contributed by atoms with Gasteiger partial charge in [-0.25, -0.2) is 10.8 Å². The van der Waals surface area contributed by atoms with Gasteiger partial charge in [0.05, 0.1) is 8.07 Å². The quantitative estimate of drug-likeness (QED) is 0.169. The molecule has 0 saturated carbocycles. The molecule has 5 heteroatoms. The number of hydrogen-bond acceptors (Lipinski definition) is 0. The van der Waals surface area contributed by atoms with E-state index < -0.39 is 8.07 Å². The van der Waals surface area contributed by atoms with Crippen molar-refractivity contribution in [1.29, 1.82) is 0 Å². The summed E-state index contributed by atoms with van der Waals surface area (Å²) in [5.41, 5.74) is 9.48. The van der Waals surface area contributed by atoms with E-state index in [0.717, 1.165) is 6.42 Å². The molecule has 0 spiro atoms. The second-order valence-corrected chi connectivity index (χ2v) is 14.3. The maximum absolute atomic E-state index is 3.70. The van der Waals surface area contributed by atoms with Gasteiger partial charge in [-0.05, 0) is 41.5 Å². The second kappa shape index (κ2) is 14.4. The number of benzene rings is 3. The molecule has 0 unspecified atom stereocenters. The van der Waals surface area contributed by atoms with E-state index in [1.807, 2.05) is 0 Å². The molecule has 194 valence electrons. The average molecular weight is 604 g/mol. The molecule has 0 amide bonds. The molecule has 0 aliphatic heterocycles. The topological polar surface area (TPSA) is 0 Å². The van der Waals surface area contributed by atoms with Gasteiger partial charge in [0, 0.05) is 0 Å². The zero-order chi connectivity index (χ0) is 23.9. The van der Waals surface area contributed by atoms with Gasteiger partial charge in [-0.1, -0.05) is 130 Å². The van der Waals surface area contributed by atoms with Crippen molar-refractivity contribution in [1.82, 2.24) is 0 Å². The summed E-state index contributed by atoms with van der Waals surface area (Å²) in [5.74, 6) is 0.452. The van der Waals surface area contributed by atoms with E-state index in [-0.39, 0.29) is 58.9 Å². The first kappa shape index (κ1) is 35.9. The summed E-state index contributed by atoms with van der Waals surface area (Å²) in [6.07, 6.45) is 6.97. The van der Waals surface area contributed by atoms with Crippen LogP contribution in [0.3, 0.4) is 0 Å². The summed E-state index contributed by atoms with van der Waals surface area (Å²) >= 11 is 0. The molecule has 0 atom stereocenters. The van der Waals surface area contributed by atoms with Crippen molar-refractivity contribution in [3.05, 3.63) is 111 Å². The molecular weight excluding hydrogens is 567 g/mol. The summed E-state index contributed by atoms with van der Waals surface area (Å²) in [6, 6.07) is 21.7. The Hall–Kier alpha value is -1.06. The summed E-state index contributed by atoms with van der Waals surface area (Å²) < 4.78 is 0. The third-order valence-electron chi connectivity index (χ3n) is 6.88. The van der Waals surface area contributed by atoms with E-state index in [1.165, 1.54) is 54.5 Å². The molecule has 3 aromatic carbocycles. The third-order valence-corrected chi connectivity index (χ3v) is 11.7. The van der Waals surface area contributed by atoms with E-state index in [0.29, 0.717) is 5.92 Å². The van der Waals surface area contributed by atoms with E-state index in [4.69, 9.17) is 0 Å². The van der Waals surface area contributed by atoms with Gasteiger partial charge < -0.3 is 37.2 Å². The molecule has 1 aliphatic carbocycles. The average Bonchev–Trinajstić information content (AvgIpc) is 3.17. The summed E-state index contributed by atoms with van der Waals surface area (Å²) in [6.45, 7) is 18.1. The standard InChI is InChI=1S/C32H37Si.3ClH.Ti/c1-21(2)31-10-9-11-32(31)33(28-15-22(3)12-23(4)16-28,29-17-24(5)13-25(6)18-29)30-19-26(7)14-27(8)20-30;;;;/h9,12-21H,11H2,1-8H3;3*1H;/q-1;;;;+4/p-3. The second-order valence-electron chi connectivity index (χ2n) is 10.5. The Morgan fingerprint density at radius 2 is 0.865 bits per heavy atom. The predicted molar refractivity (Wildman–Crippen MR) is 147 cm³/mol. The number of aryl methyl sites for hydroxylation is 6. The third kappa shape index (κ3) is 7.13. The largest absolute Gasteiger partial charge is 4.00 e. The van der Waals surface area contributed by atoms with Crippen molar-refractivity contribution in [2.24, 2.45) is 5.92 Å². The Morgan fingerprint density at radius 3 is 1.14 bits per heavy atom. The van der Waals surface area contributed by atoms with Gasteiger partial charge in [0.25, 0.3) is 0 Å². The minimum Gasteiger partial charge on any atom is -1.00 e. The molecule has 37 heavy (non-hydrogen) atoms. The monoisotopic (exact) mass is 602 g/mol. The Labute approximate surface area is 259 Å². The SMILES string of the molecule is Cc1cc(C)cc([Si](C2=C(C(C)C)[C-]=CC2)(c2cc(C)cc(C)c2)c2cc(C)cc(C)c2)c1.[Cl-].[Cl-].[Cl-].[Ti+4]. The van der Waals surface area contributed by atoms with Crippen LogP contribution in [0.1, 0.15) is 53.6 Å². The molecule has 4 rings (SSSR count). The number of hydrogen-bond donors (Lipinski definition) is 0. The zero-order valence-corrected chi connectivity index (χ0v) is 28.0. The number of halogens is 3. The van der Waals surface area contributed by atoms with Crippen molar-refractivity contribution < 1.29 is 58.9 Å². The van der Waals surface area contributed by atoms with Gasteiger partial charge >= 0.3 is 21.7 Å². The molecule has 0 radical (unpaired) electrons. The van der Waals surface area contributed by atoms with E-state index in [2.05, 4.69) is 122 Å². The summed E-state index contributed by atoms with van der Waals surface area (Å²) in [4.78, 5) is 0. The first-order chi connectivity index (χ1) is 15.6. The number of rotatable bonds is 5. The van der Waals surface area contributed by atoms with Crippen molar-refractivity contribution in [2.45, 2.75) is 61.8 Å². The van der Waals surface area contributed by atoms with Crippen LogP contribution in [0.25, 0.3) is 0 Å². The molecule has 0 heterocycles. The molecule has 0 nitrogen and oxygen atoms in total. The van der Waals surface area contributed by atoms with Crippen molar-refractivity contribution in [3.63, 3.8) is 0 Å². The Kier molecular flexibility index (Phi) is 14.0. The van der Waals surface area contributed by atoms with Crippen LogP contribution in [0.2, 0.25) is 0 Å². The fourth-order valence-electron chi connectivity index (χ4n) is 5.93. The van der Waals surface area contributed by atoms with Gasteiger partial charge in [-0.3, -0.25) is 6.08 Å². The van der Waals surface area contributed by atoms with Gasteiger partial charge in [0.2, 0.25) is 0 Å². The van der Waals surface area contributed by atoms with Gasteiger partial charge in [-0.15, -0.1) is 0 Å². The Bertz CT molecular complexity index is 1110. The Morgan fingerprint density at radius 1 is 0.568 bits per heavy atom. The van der Waals surface area contributed by atoms with Crippen LogP contribution >= 0.6 is 0 Å². The van der Waals surface area contributed by atoms with Crippen LogP contribution in [0.4, 0.5) is 0 Å². The van der Waals surface area contributed by atoms with Crippen LogP contribution in [-0.4, -0.2) is 8.07 Å². The fraction of sp³-hybridized carbons (Fsp3) is 0.312. The van der Waals surface area contributed by atoms with Gasteiger partial charge in [0.15, 0.2) is 0 Å². The van der Waals surface area contributed by atoms with Crippen LogP contribution < -0.4 is 52.8 Å². The molecule has 0 fully saturated rings. The smallest absolute Gasteiger partial charge is 1.00 e. The molecule has 0 aromatic heterocycles. The molecule has 0 N–H and O–H groups in total. The Balaban J connectivity index is 0.00000324. The van der Waals surface area contributed by atoms with E-state index >= 15 is 0 Å². The molecule has 3 aromatic rings. The van der Waals surface area contributed by atoms with E-state index in [9.17, 15) is 0 Å². The molecule has 0 bridgehead atoms. The summed E-state index contributed by atoms with van der Waals surface area (Å²) in [7, 11) is -2.52. The van der Waals surface area contributed by atoms with Crippen LogP contribution in [0.5, 0.6) is 0 Å². The van der Waals surface area contributed by atoms with E-state index in [1.54, 1.807) is 5.20 Å². The minimum absolute atomic E-state index is 0. The molecule has 1 aliphatic rings. The van der Waals surface area contributed by atoms with Gasteiger partial charge in [0.1, 0.15) is 0 Å². The fourth-order valence-corrected chi connectivity index (χ4v) is 11.8. The van der Waals surface area contributed by atoms with Crippen LogP contribution in [0, 0.1) is 53.5 Å². The van der Waals surface area contributed by atoms with Crippen molar-refractivity contribution >= 4 is 23.6 Å². The normalized spacial score (nSPS) is 12.5. The molecular formula is C32H37Cl3SiTi. The maximum atomic E-state index is 3.70. The van der Waals surface area contributed by atoms with Crippen LogP contribution in [0.15, 0.2) is 71.4 Å². The zero-order valence-electron chi connectivity index (χ0n) is 23.2. The minimum atomic E-state index is -2.52.